The normalized spacial score (nSPS) is 16.4. The van der Waals surface area contributed by atoms with Crippen molar-refractivity contribution in [1.29, 1.82) is 0 Å². The first-order valence-electron chi connectivity index (χ1n) is 6.63. The highest BCUT2D eigenvalue weighted by Gasteiger charge is 2.23. The Hall–Kier alpha value is -1.07. The lowest BCUT2D eigenvalue weighted by Gasteiger charge is -2.16. The summed E-state index contributed by atoms with van der Waals surface area (Å²) in [6.45, 7) is 3.34. The first-order valence-corrected chi connectivity index (χ1v) is 7.00. The number of ether oxygens (including phenoxy) is 1. The Morgan fingerprint density at radius 3 is 3.00 bits per heavy atom. The van der Waals surface area contributed by atoms with Crippen LogP contribution in [0.15, 0.2) is 11.0 Å². The molecule has 0 bridgehead atoms. The molecule has 1 atom stereocenters. The molecule has 1 fully saturated rings. The summed E-state index contributed by atoms with van der Waals surface area (Å²) in [7, 11) is 1.66. The molecule has 0 radical (unpaired) electrons. The lowest BCUT2D eigenvalue weighted by Crippen LogP contribution is -2.29. The van der Waals surface area contributed by atoms with Gasteiger partial charge in [-0.2, -0.15) is 5.10 Å². The van der Waals surface area contributed by atoms with Crippen LogP contribution in [0, 0.1) is 5.92 Å². The van der Waals surface area contributed by atoms with Gasteiger partial charge in [-0.25, -0.2) is 4.68 Å². The Balaban J connectivity index is 2.11. The van der Waals surface area contributed by atoms with E-state index < -0.39 is 0 Å². The lowest BCUT2D eigenvalue weighted by molar-refractivity contribution is 0.191. The molecule has 0 saturated heterocycles. The summed E-state index contributed by atoms with van der Waals surface area (Å²) in [5.74, 6) is 0.602. The van der Waals surface area contributed by atoms with Crippen LogP contribution in [-0.4, -0.2) is 29.5 Å². The summed E-state index contributed by atoms with van der Waals surface area (Å²) in [5.41, 5.74) is 0.310. The third-order valence-corrected chi connectivity index (χ3v) is 3.56. The van der Waals surface area contributed by atoms with Crippen LogP contribution in [0.1, 0.15) is 26.2 Å². The standard InChI is InChI=1S/C13H20ClN3O2/c1-9(5-6-19-2)16-12-11(14)7-15-17(13(12)18)8-10-3-4-10/h7,9-10,16H,3-6,8H2,1-2H3. The van der Waals surface area contributed by atoms with Crippen LogP contribution in [0.3, 0.4) is 0 Å². The van der Waals surface area contributed by atoms with Gasteiger partial charge in [0.2, 0.25) is 0 Å². The molecule has 6 heteroatoms. The van der Waals surface area contributed by atoms with E-state index in [0.717, 1.165) is 6.42 Å². The molecule has 1 aliphatic carbocycles. The molecule has 1 unspecified atom stereocenters. The maximum Gasteiger partial charge on any atom is 0.291 e. The summed E-state index contributed by atoms with van der Waals surface area (Å²) in [6.07, 6.45) is 4.72. The Kier molecular flexibility index (Phi) is 4.82. The Morgan fingerprint density at radius 1 is 1.63 bits per heavy atom. The van der Waals surface area contributed by atoms with Gasteiger partial charge in [0.25, 0.3) is 5.56 Å². The number of hydrogen-bond donors (Lipinski definition) is 1. The predicted molar refractivity (Wildman–Crippen MR) is 75.8 cm³/mol. The molecule has 0 spiro atoms. The fraction of sp³-hybridized carbons (Fsp3) is 0.692. The second-order valence-electron chi connectivity index (χ2n) is 5.13. The molecule has 0 aromatic carbocycles. The van der Waals surface area contributed by atoms with E-state index in [2.05, 4.69) is 10.4 Å². The molecule has 1 N–H and O–H groups in total. The number of rotatable bonds is 7. The minimum Gasteiger partial charge on any atom is -0.385 e. The summed E-state index contributed by atoms with van der Waals surface area (Å²) in [5, 5.41) is 7.63. The van der Waals surface area contributed by atoms with E-state index in [-0.39, 0.29) is 11.6 Å². The zero-order valence-electron chi connectivity index (χ0n) is 11.4. The molecular formula is C13H20ClN3O2. The van der Waals surface area contributed by atoms with E-state index in [9.17, 15) is 4.79 Å². The Labute approximate surface area is 117 Å². The van der Waals surface area contributed by atoms with Crippen LogP contribution in [0.4, 0.5) is 5.69 Å². The van der Waals surface area contributed by atoms with E-state index >= 15 is 0 Å². The minimum absolute atomic E-state index is 0.127. The predicted octanol–water partition coefficient (Wildman–Crippen LogP) is 2.14. The quantitative estimate of drug-likeness (QED) is 0.834. The highest BCUT2D eigenvalue weighted by Crippen LogP contribution is 2.30. The summed E-state index contributed by atoms with van der Waals surface area (Å²) < 4.78 is 6.54. The average Bonchev–Trinajstić information content (AvgIpc) is 3.19. The lowest BCUT2D eigenvalue weighted by atomic mass is 10.2. The number of anilines is 1. The molecule has 1 aromatic heterocycles. The van der Waals surface area contributed by atoms with Crippen LogP contribution < -0.4 is 10.9 Å². The van der Waals surface area contributed by atoms with E-state index in [1.807, 2.05) is 6.92 Å². The molecule has 1 heterocycles. The highest BCUT2D eigenvalue weighted by molar-refractivity contribution is 6.33. The maximum absolute atomic E-state index is 12.3. The van der Waals surface area contributed by atoms with Crippen molar-refractivity contribution < 1.29 is 4.74 Å². The Morgan fingerprint density at radius 2 is 2.37 bits per heavy atom. The van der Waals surface area contributed by atoms with Gasteiger partial charge in [-0.3, -0.25) is 4.79 Å². The number of nitrogens with zero attached hydrogens (tertiary/aromatic N) is 2. The van der Waals surface area contributed by atoms with Crippen molar-refractivity contribution in [3.8, 4) is 0 Å². The molecular weight excluding hydrogens is 266 g/mol. The largest absolute Gasteiger partial charge is 0.385 e. The number of aromatic nitrogens is 2. The zero-order valence-corrected chi connectivity index (χ0v) is 12.1. The first kappa shape index (κ1) is 14.3. The van der Waals surface area contributed by atoms with Gasteiger partial charge in [0.05, 0.1) is 11.2 Å². The van der Waals surface area contributed by atoms with Crippen molar-refractivity contribution in [2.75, 3.05) is 19.0 Å². The third kappa shape index (κ3) is 3.94. The average molecular weight is 286 g/mol. The molecule has 1 saturated carbocycles. The number of methoxy groups -OCH3 is 1. The molecule has 0 aliphatic heterocycles. The second kappa shape index (κ2) is 6.39. The van der Waals surface area contributed by atoms with Gasteiger partial charge in [0.15, 0.2) is 0 Å². The minimum atomic E-state index is -0.135. The van der Waals surface area contributed by atoms with Gasteiger partial charge in [0.1, 0.15) is 5.69 Å². The van der Waals surface area contributed by atoms with Crippen molar-refractivity contribution >= 4 is 17.3 Å². The SMILES string of the molecule is COCCC(C)Nc1c(Cl)cnn(CC2CC2)c1=O. The van der Waals surface area contributed by atoms with Crippen molar-refractivity contribution in [3.05, 3.63) is 21.6 Å². The number of halogens is 1. The van der Waals surface area contributed by atoms with Gasteiger partial charge in [-0.1, -0.05) is 11.6 Å². The van der Waals surface area contributed by atoms with Crippen molar-refractivity contribution in [2.45, 2.75) is 38.8 Å². The first-order chi connectivity index (χ1) is 9.11. The molecule has 2 rings (SSSR count). The van der Waals surface area contributed by atoms with E-state index in [4.69, 9.17) is 16.3 Å². The van der Waals surface area contributed by atoms with Gasteiger partial charge in [0, 0.05) is 26.3 Å². The number of hydrogen-bond acceptors (Lipinski definition) is 4. The van der Waals surface area contributed by atoms with Crippen LogP contribution in [0.25, 0.3) is 0 Å². The molecule has 0 amide bonds. The van der Waals surface area contributed by atoms with Gasteiger partial charge >= 0.3 is 0 Å². The van der Waals surface area contributed by atoms with Gasteiger partial charge < -0.3 is 10.1 Å². The number of nitrogens with one attached hydrogen (secondary N) is 1. The second-order valence-corrected chi connectivity index (χ2v) is 5.53. The van der Waals surface area contributed by atoms with Gasteiger partial charge in [-0.15, -0.1) is 0 Å². The molecule has 1 aromatic rings. The third-order valence-electron chi connectivity index (χ3n) is 3.27. The van der Waals surface area contributed by atoms with E-state index in [0.29, 0.717) is 29.8 Å². The Bertz CT molecular complexity index is 485. The zero-order chi connectivity index (χ0) is 13.8. The topological polar surface area (TPSA) is 56.1 Å². The summed E-state index contributed by atoms with van der Waals surface area (Å²) in [4.78, 5) is 12.3. The van der Waals surface area contributed by atoms with Crippen molar-refractivity contribution in [1.82, 2.24) is 9.78 Å². The van der Waals surface area contributed by atoms with Crippen molar-refractivity contribution in [2.24, 2.45) is 5.92 Å². The smallest absolute Gasteiger partial charge is 0.291 e. The fourth-order valence-electron chi connectivity index (χ4n) is 1.89. The van der Waals surface area contributed by atoms with Crippen molar-refractivity contribution in [3.63, 3.8) is 0 Å². The fourth-order valence-corrected chi connectivity index (χ4v) is 2.07. The van der Waals surface area contributed by atoms with Gasteiger partial charge in [-0.05, 0) is 32.1 Å². The molecule has 1 aliphatic rings. The highest BCUT2D eigenvalue weighted by atomic mass is 35.5. The molecule has 106 valence electrons. The maximum atomic E-state index is 12.3. The summed E-state index contributed by atoms with van der Waals surface area (Å²) in [6, 6.07) is 0.127. The van der Waals surface area contributed by atoms with Crippen LogP contribution in [0.2, 0.25) is 5.02 Å². The molecule has 5 nitrogen and oxygen atoms in total. The van der Waals surface area contributed by atoms with Crippen LogP contribution in [-0.2, 0) is 11.3 Å². The van der Waals surface area contributed by atoms with Crippen LogP contribution >= 0.6 is 11.6 Å². The van der Waals surface area contributed by atoms with E-state index in [1.165, 1.54) is 23.7 Å². The van der Waals surface area contributed by atoms with E-state index in [1.54, 1.807) is 7.11 Å². The molecule has 19 heavy (non-hydrogen) atoms. The van der Waals surface area contributed by atoms with Crippen LogP contribution in [0.5, 0.6) is 0 Å². The monoisotopic (exact) mass is 285 g/mol. The summed E-state index contributed by atoms with van der Waals surface area (Å²) >= 11 is 6.06.